The standard InChI is InChI=1S/C23H32ClN3O4/c1-15-13-26(22(30)27(15)14-23(2,3)31)17-10-11-19(24)18(12-17)21(29)25-20(28)16-8-6-4-5-7-9-16/h10-13,16,20,28,31H,4-9,14H2,1-3H3,(H,25,29). The van der Waals surface area contributed by atoms with E-state index in [-0.39, 0.29) is 28.7 Å². The van der Waals surface area contributed by atoms with Gasteiger partial charge in [0.05, 0.1) is 28.4 Å². The van der Waals surface area contributed by atoms with Gasteiger partial charge in [-0.15, -0.1) is 0 Å². The second kappa shape index (κ2) is 9.59. The van der Waals surface area contributed by atoms with Crippen molar-refractivity contribution in [3.8, 4) is 5.69 Å². The number of aliphatic hydroxyl groups excluding tert-OH is 1. The van der Waals surface area contributed by atoms with Crippen molar-refractivity contribution in [3.63, 3.8) is 0 Å². The smallest absolute Gasteiger partial charge is 0.333 e. The van der Waals surface area contributed by atoms with Crippen LogP contribution < -0.4 is 11.0 Å². The molecular weight excluding hydrogens is 418 g/mol. The zero-order valence-corrected chi connectivity index (χ0v) is 19.2. The van der Waals surface area contributed by atoms with Crippen LogP contribution in [0.4, 0.5) is 0 Å². The Labute approximate surface area is 187 Å². The number of imidazole rings is 1. The van der Waals surface area contributed by atoms with Crippen LogP contribution in [0.3, 0.4) is 0 Å². The van der Waals surface area contributed by atoms with Crippen LogP contribution in [0.25, 0.3) is 5.69 Å². The van der Waals surface area contributed by atoms with Crippen molar-refractivity contribution in [3.05, 3.63) is 51.2 Å². The maximum atomic E-state index is 12.9. The van der Waals surface area contributed by atoms with Gasteiger partial charge in [0.2, 0.25) is 0 Å². The summed E-state index contributed by atoms with van der Waals surface area (Å²) in [6, 6.07) is 4.78. The number of nitrogens with zero attached hydrogens (tertiary/aromatic N) is 2. The summed E-state index contributed by atoms with van der Waals surface area (Å²) in [6.45, 7) is 5.22. The Kier molecular flexibility index (Phi) is 7.29. The van der Waals surface area contributed by atoms with Crippen LogP contribution in [-0.4, -0.2) is 37.1 Å². The minimum Gasteiger partial charge on any atom is -0.389 e. The molecule has 1 unspecified atom stereocenters. The maximum Gasteiger partial charge on any atom is 0.333 e. The number of carbonyl (C=O) groups excluding carboxylic acids is 1. The molecule has 0 bridgehead atoms. The van der Waals surface area contributed by atoms with Gasteiger partial charge in [-0.3, -0.25) is 13.9 Å². The minimum atomic E-state index is -1.04. The molecule has 1 aromatic heterocycles. The average molecular weight is 450 g/mol. The molecule has 1 aliphatic carbocycles. The molecule has 1 aromatic carbocycles. The van der Waals surface area contributed by atoms with Crippen LogP contribution in [0, 0.1) is 12.8 Å². The molecule has 1 fully saturated rings. The first-order valence-corrected chi connectivity index (χ1v) is 11.2. The number of hydrogen-bond acceptors (Lipinski definition) is 4. The lowest BCUT2D eigenvalue weighted by Gasteiger charge is -2.22. The molecule has 1 amide bonds. The van der Waals surface area contributed by atoms with Crippen LogP contribution in [0.2, 0.25) is 5.02 Å². The van der Waals surface area contributed by atoms with Crippen molar-refractivity contribution in [1.82, 2.24) is 14.5 Å². The van der Waals surface area contributed by atoms with Gasteiger partial charge in [-0.1, -0.05) is 37.3 Å². The predicted octanol–water partition coefficient (Wildman–Crippen LogP) is 3.39. The summed E-state index contributed by atoms with van der Waals surface area (Å²) in [5.41, 5.74) is 0.0244. The summed E-state index contributed by atoms with van der Waals surface area (Å²) in [5, 5.41) is 23.6. The van der Waals surface area contributed by atoms with Crippen molar-refractivity contribution >= 4 is 17.5 Å². The maximum absolute atomic E-state index is 12.9. The molecule has 0 saturated heterocycles. The number of carbonyl (C=O) groups is 1. The summed E-state index contributed by atoms with van der Waals surface area (Å²) >= 11 is 6.27. The van der Waals surface area contributed by atoms with Crippen LogP contribution >= 0.6 is 11.6 Å². The minimum absolute atomic E-state index is 0.0366. The van der Waals surface area contributed by atoms with Gasteiger partial charge in [-0.2, -0.15) is 0 Å². The Hall–Kier alpha value is -2.09. The molecule has 1 aliphatic rings. The predicted molar refractivity (Wildman–Crippen MR) is 121 cm³/mol. The molecule has 3 N–H and O–H groups in total. The largest absolute Gasteiger partial charge is 0.389 e. The van der Waals surface area contributed by atoms with E-state index in [1.807, 2.05) is 0 Å². The first-order valence-electron chi connectivity index (χ1n) is 10.9. The Morgan fingerprint density at radius 3 is 2.52 bits per heavy atom. The summed E-state index contributed by atoms with van der Waals surface area (Å²) < 4.78 is 2.92. The van der Waals surface area contributed by atoms with E-state index < -0.39 is 17.7 Å². The zero-order valence-electron chi connectivity index (χ0n) is 18.4. The Morgan fingerprint density at radius 1 is 1.26 bits per heavy atom. The van der Waals surface area contributed by atoms with Gasteiger partial charge in [-0.25, -0.2) is 4.79 Å². The van der Waals surface area contributed by atoms with Gasteiger partial charge >= 0.3 is 5.69 Å². The lowest BCUT2D eigenvalue weighted by atomic mass is 9.98. The number of aliphatic hydroxyl groups is 2. The molecule has 1 heterocycles. The number of halogens is 1. The van der Waals surface area contributed by atoms with Crippen molar-refractivity contribution in [2.24, 2.45) is 5.92 Å². The fourth-order valence-corrected chi connectivity index (χ4v) is 4.35. The third kappa shape index (κ3) is 5.79. The van der Waals surface area contributed by atoms with Gasteiger partial charge in [0.25, 0.3) is 5.91 Å². The summed E-state index contributed by atoms with van der Waals surface area (Å²) in [5.74, 6) is -0.432. The van der Waals surface area contributed by atoms with Gasteiger partial charge < -0.3 is 15.5 Å². The summed E-state index contributed by atoms with van der Waals surface area (Å²) in [7, 11) is 0. The van der Waals surface area contributed by atoms with Crippen LogP contribution in [0.5, 0.6) is 0 Å². The highest BCUT2D eigenvalue weighted by atomic mass is 35.5. The normalized spacial score (nSPS) is 16.7. The molecule has 2 aromatic rings. The van der Waals surface area contributed by atoms with E-state index in [1.165, 1.54) is 9.13 Å². The van der Waals surface area contributed by atoms with Crippen molar-refractivity contribution in [2.45, 2.75) is 77.7 Å². The fraction of sp³-hybridized carbons (Fsp3) is 0.565. The third-order valence-electron chi connectivity index (χ3n) is 5.82. The van der Waals surface area contributed by atoms with Gasteiger partial charge in [0.1, 0.15) is 6.23 Å². The van der Waals surface area contributed by atoms with Crippen molar-refractivity contribution in [2.75, 3.05) is 0 Å². The molecule has 1 atom stereocenters. The van der Waals surface area contributed by atoms with Crippen LogP contribution in [0.15, 0.2) is 29.2 Å². The Morgan fingerprint density at radius 2 is 1.90 bits per heavy atom. The van der Waals surface area contributed by atoms with Gasteiger partial charge in [-0.05, 0) is 51.8 Å². The monoisotopic (exact) mass is 449 g/mol. The highest BCUT2D eigenvalue weighted by Crippen LogP contribution is 2.26. The van der Waals surface area contributed by atoms with E-state index in [9.17, 15) is 19.8 Å². The van der Waals surface area contributed by atoms with Gasteiger partial charge in [0.15, 0.2) is 0 Å². The first kappa shape index (κ1) is 23.6. The molecule has 170 valence electrons. The molecular formula is C23H32ClN3O4. The van der Waals surface area contributed by atoms with E-state index >= 15 is 0 Å². The SMILES string of the molecule is Cc1cn(-c2ccc(Cl)c(C(=O)NC(O)C3CCCCCC3)c2)c(=O)n1CC(C)(C)O. The quantitative estimate of drug-likeness (QED) is 0.465. The van der Waals surface area contributed by atoms with Crippen LogP contribution in [0.1, 0.15) is 68.4 Å². The molecule has 31 heavy (non-hydrogen) atoms. The number of aryl methyl sites for hydroxylation is 1. The van der Waals surface area contributed by atoms with Crippen LogP contribution in [-0.2, 0) is 6.54 Å². The lowest BCUT2D eigenvalue weighted by molar-refractivity contribution is 0.0531. The Bertz CT molecular complexity index is 982. The second-order valence-corrected chi connectivity index (χ2v) is 9.56. The number of rotatable bonds is 6. The van der Waals surface area contributed by atoms with E-state index in [2.05, 4.69) is 5.32 Å². The molecule has 0 aliphatic heterocycles. The molecule has 7 nitrogen and oxygen atoms in total. The van der Waals surface area contributed by atoms with Crippen molar-refractivity contribution in [1.29, 1.82) is 0 Å². The lowest BCUT2D eigenvalue weighted by Crippen LogP contribution is -2.40. The number of aromatic nitrogens is 2. The molecule has 8 heteroatoms. The van der Waals surface area contributed by atoms with E-state index in [1.54, 1.807) is 45.2 Å². The first-order chi connectivity index (χ1) is 14.6. The van der Waals surface area contributed by atoms with E-state index in [4.69, 9.17) is 11.6 Å². The molecule has 0 radical (unpaired) electrons. The highest BCUT2D eigenvalue weighted by Gasteiger charge is 2.24. The number of benzene rings is 1. The zero-order chi connectivity index (χ0) is 22.8. The molecule has 0 spiro atoms. The summed E-state index contributed by atoms with van der Waals surface area (Å²) in [4.78, 5) is 25.7. The van der Waals surface area contributed by atoms with E-state index in [0.29, 0.717) is 11.4 Å². The third-order valence-corrected chi connectivity index (χ3v) is 6.15. The topological polar surface area (TPSA) is 96.5 Å². The number of hydrogen-bond donors (Lipinski definition) is 3. The van der Waals surface area contributed by atoms with E-state index in [0.717, 1.165) is 38.5 Å². The van der Waals surface area contributed by atoms with Gasteiger partial charge in [0, 0.05) is 17.8 Å². The fourth-order valence-electron chi connectivity index (χ4n) is 4.15. The number of amides is 1. The average Bonchev–Trinajstić information content (AvgIpc) is 2.89. The molecule has 3 rings (SSSR count). The highest BCUT2D eigenvalue weighted by molar-refractivity contribution is 6.33. The van der Waals surface area contributed by atoms with Crippen molar-refractivity contribution < 1.29 is 15.0 Å². The number of nitrogens with one attached hydrogen (secondary N) is 1. The summed E-state index contributed by atoms with van der Waals surface area (Å²) in [6.07, 6.45) is 6.94. The Balaban J connectivity index is 1.84. The second-order valence-electron chi connectivity index (χ2n) is 9.16. The molecule has 1 saturated carbocycles.